The van der Waals surface area contributed by atoms with Crippen molar-refractivity contribution in [2.75, 3.05) is 4.72 Å². The molecule has 0 atom stereocenters. The van der Waals surface area contributed by atoms with E-state index in [0.717, 1.165) is 12.8 Å². The molecule has 3 N–H and O–H groups in total. The molecule has 2 aromatic heterocycles. The van der Waals surface area contributed by atoms with Crippen molar-refractivity contribution in [3.05, 3.63) is 16.8 Å². The Morgan fingerprint density at radius 2 is 2.25 bits per heavy atom. The number of hydrogen-bond acceptors (Lipinski definition) is 7. The Hall–Kier alpha value is -1.52. The van der Waals surface area contributed by atoms with Crippen LogP contribution in [0, 0.1) is 6.92 Å². The molecule has 108 valence electrons. The van der Waals surface area contributed by atoms with Crippen LogP contribution in [0.15, 0.2) is 11.2 Å². The first-order valence-electron chi connectivity index (χ1n) is 6.13. The third kappa shape index (κ3) is 2.97. The molecule has 1 fully saturated rings. The molecule has 0 amide bonds. The molecule has 3 rings (SSSR count). The number of sulfonamides is 1. The topological polar surface area (TPSA) is 113 Å². The average molecular weight is 314 g/mol. The molecule has 0 spiro atoms. The van der Waals surface area contributed by atoms with E-state index in [4.69, 9.17) is 0 Å². The normalized spacial score (nSPS) is 15.4. The lowest BCUT2D eigenvalue weighted by Crippen LogP contribution is -2.19. The van der Waals surface area contributed by atoms with Gasteiger partial charge in [0.1, 0.15) is 5.01 Å². The van der Waals surface area contributed by atoms with Crippen LogP contribution in [0.4, 0.5) is 5.13 Å². The highest BCUT2D eigenvalue weighted by atomic mass is 32.2. The molecule has 0 unspecified atom stereocenters. The number of aryl methyl sites for hydroxylation is 1. The molecule has 0 bridgehead atoms. The smallest absolute Gasteiger partial charge is 0.280 e. The number of hydrogen-bond donors (Lipinski definition) is 3. The summed E-state index contributed by atoms with van der Waals surface area (Å²) in [6.45, 7) is 2.24. The molecular weight excluding hydrogens is 300 g/mol. The second-order valence-electron chi connectivity index (χ2n) is 4.61. The molecule has 2 heterocycles. The van der Waals surface area contributed by atoms with E-state index in [1.807, 2.05) is 0 Å². The van der Waals surface area contributed by atoms with Crippen molar-refractivity contribution >= 4 is 26.5 Å². The third-order valence-electron chi connectivity index (χ3n) is 2.85. The van der Waals surface area contributed by atoms with Crippen LogP contribution in [-0.4, -0.2) is 34.9 Å². The Kier molecular flexibility index (Phi) is 3.44. The van der Waals surface area contributed by atoms with E-state index < -0.39 is 10.0 Å². The number of aromatic amines is 1. The largest absolute Gasteiger partial charge is 0.310 e. The summed E-state index contributed by atoms with van der Waals surface area (Å²) in [4.78, 5) is 0. The summed E-state index contributed by atoms with van der Waals surface area (Å²) in [5.41, 5.74) is 0.616. The summed E-state index contributed by atoms with van der Waals surface area (Å²) in [5.74, 6) is 0. The number of H-pyrrole nitrogens is 1. The fraction of sp³-hybridized carbons (Fsp3) is 0.500. The molecule has 20 heavy (non-hydrogen) atoms. The molecule has 1 saturated carbocycles. The molecule has 10 heteroatoms. The van der Waals surface area contributed by atoms with Crippen LogP contribution in [-0.2, 0) is 16.6 Å². The third-order valence-corrected chi connectivity index (χ3v) is 5.09. The van der Waals surface area contributed by atoms with Gasteiger partial charge in [-0.1, -0.05) is 11.3 Å². The molecule has 1 aliphatic rings. The zero-order chi connectivity index (χ0) is 14.2. The highest BCUT2D eigenvalue weighted by Gasteiger charge is 2.25. The maximum absolute atomic E-state index is 12.3. The van der Waals surface area contributed by atoms with E-state index in [9.17, 15) is 8.42 Å². The molecule has 8 nitrogen and oxygen atoms in total. The summed E-state index contributed by atoms with van der Waals surface area (Å²) >= 11 is 1.18. The van der Waals surface area contributed by atoms with E-state index >= 15 is 0 Å². The lowest BCUT2D eigenvalue weighted by atomic mass is 10.3. The van der Waals surface area contributed by atoms with E-state index in [1.54, 1.807) is 6.92 Å². The Balaban J connectivity index is 1.77. The number of anilines is 1. The minimum Gasteiger partial charge on any atom is -0.310 e. The van der Waals surface area contributed by atoms with Gasteiger partial charge < -0.3 is 5.32 Å². The number of nitrogens with one attached hydrogen (secondary N) is 3. The van der Waals surface area contributed by atoms with Crippen LogP contribution in [0.25, 0.3) is 0 Å². The molecule has 0 saturated heterocycles. The maximum atomic E-state index is 12.3. The summed E-state index contributed by atoms with van der Waals surface area (Å²) in [6.07, 6.45) is 3.81. The lowest BCUT2D eigenvalue weighted by molar-refractivity contribution is 0.593. The lowest BCUT2D eigenvalue weighted by Gasteiger charge is -2.06. The summed E-state index contributed by atoms with van der Waals surface area (Å²) < 4.78 is 27.0. The van der Waals surface area contributed by atoms with Gasteiger partial charge in [-0.3, -0.25) is 9.82 Å². The predicted octanol–water partition coefficient (Wildman–Crippen LogP) is 0.622. The predicted molar refractivity (Wildman–Crippen MR) is 73.9 cm³/mol. The fourth-order valence-corrected chi connectivity index (χ4v) is 3.66. The molecule has 1 aliphatic carbocycles. The molecular formula is C10H14N6O2S2. The maximum Gasteiger partial charge on any atom is 0.280 e. The molecule has 0 aromatic carbocycles. The Labute approximate surface area is 120 Å². The average Bonchev–Trinajstić information content (AvgIpc) is 2.93. The van der Waals surface area contributed by atoms with Gasteiger partial charge in [0.25, 0.3) is 10.0 Å². The number of rotatable bonds is 6. The van der Waals surface area contributed by atoms with Crippen molar-refractivity contribution in [2.24, 2.45) is 0 Å². The quantitative estimate of drug-likeness (QED) is 0.720. The number of nitrogens with zero attached hydrogens (tertiary/aromatic N) is 3. The van der Waals surface area contributed by atoms with Crippen molar-refractivity contribution in [1.82, 2.24) is 25.7 Å². The first kappa shape index (κ1) is 13.5. The minimum atomic E-state index is -3.71. The zero-order valence-corrected chi connectivity index (χ0v) is 12.4. The van der Waals surface area contributed by atoms with Crippen molar-refractivity contribution in [3.8, 4) is 0 Å². The first-order chi connectivity index (χ1) is 9.54. The summed E-state index contributed by atoms with van der Waals surface area (Å²) in [6, 6.07) is 0.499. The molecule has 0 aliphatic heterocycles. The highest BCUT2D eigenvalue weighted by Crippen LogP contribution is 2.22. The Bertz CT molecular complexity index is 703. The molecule has 2 aromatic rings. The van der Waals surface area contributed by atoms with Gasteiger partial charge in [0, 0.05) is 18.2 Å². The van der Waals surface area contributed by atoms with Crippen LogP contribution >= 0.6 is 11.3 Å². The van der Waals surface area contributed by atoms with Crippen LogP contribution in [0.3, 0.4) is 0 Å². The SMILES string of the molecule is Cc1nnc(NS(=O)(=O)c2[nH]ncc2CNC2CC2)s1. The van der Waals surface area contributed by atoms with Gasteiger partial charge in [-0.15, -0.1) is 10.2 Å². The monoisotopic (exact) mass is 314 g/mol. The summed E-state index contributed by atoms with van der Waals surface area (Å²) in [7, 11) is -3.71. The van der Waals surface area contributed by atoms with Crippen molar-refractivity contribution < 1.29 is 8.42 Å². The van der Waals surface area contributed by atoms with Crippen LogP contribution < -0.4 is 10.0 Å². The second-order valence-corrected chi connectivity index (χ2v) is 7.41. The van der Waals surface area contributed by atoms with Gasteiger partial charge in [-0.25, -0.2) is 0 Å². The van der Waals surface area contributed by atoms with Gasteiger partial charge >= 0.3 is 0 Å². The van der Waals surface area contributed by atoms with Gasteiger partial charge in [-0.05, 0) is 19.8 Å². The second kappa shape index (κ2) is 5.11. The Morgan fingerprint density at radius 1 is 1.45 bits per heavy atom. The molecule has 0 radical (unpaired) electrons. The van der Waals surface area contributed by atoms with Crippen LogP contribution in [0.5, 0.6) is 0 Å². The van der Waals surface area contributed by atoms with E-state index in [-0.39, 0.29) is 10.2 Å². The van der Waals surface area contributed by atoms with Gasteiger partial charge in [0.2, 0.25) is 5.13 Å². The van der Waals surface area contributed by atoms with Gasteiger partial charge in [0.05, 0.1) is 6.20 Å². The van der Waals surface area contributed by atoms with Gasteiger partial charge in [0.15, 0.2) is 5.03 Å². The van der Waals surface area contributed by atoms with Crippen LogP contribution in [0.2, 0.25) is 0 Å². The zero-order valence-electron chi connectivity index (χ0n) is 10.8. The van der Waals surface area contributed by atoms with Crippen LogP contribution in [0.1, 0.15) is 23.4 Å². The minimum absolute atomic E-state index is 0.0681. The number of aromatic nitrogens is 4. The first-order valence-corrected chi connectivity index (χ1v) is 8.43. The summed E-state index contributed by atoms with van der Waals surface area (Å²) in [5, 5.41) is 18.2. The van der Waals surface area contributed by atoms with Crippen molar-refractivity contribution in [1.29, 1.82) is 0 Å². The standard InChI is InChI=1S/C10H14N6O2S2/c1-6-13-15-10(19-6)16-20(17,18)9-7(5-12-14-9)4-11-8-2-3-8/h5,8,11H,2-4H2,1H3,(H,12,14)(H,15,16). The van der Waals surface area contributed by atoms with Crippen molar-refractivity contribution in [3.63, 3.8) is 0 Å². The van der Waals surface area contributed by atoms with E-state index in [1.165, 1.54) is 17.5 Å². The van der Waals surface area contributed by atoms with E-state index in [2.05, 4.69) is 30.4 Å². The van der Waals surface area contributed by atoms with Gasteiger partial charge in [-0.2, -0.15) is 13.5 Å². The van der Waals surface area contributed by atoms with Crippen molar-refractivity contribution in [2.45, 2.75) is 37.4 Å². The van der Waals surface area contributed by atoms with E-state index in [0.29, 0.717) is 23.2 Å². The fourth-order valence-electron chi connectivity index (χ4n) is 1.70. The Morgan fingerprint density at radius 3 is 2.90 bits per heavy atom. The highest BCUT2D eigenvalue weighted by molar-refractivity contribution is 7.92.